The molecule has 1 unspecified atom stereocenters. The molecule has 1 atom stereocenters. The van der Waals surface area contributed by atoms with E-state index in [4.69, 9.17) is 17.0 Å². The Morgan fingerprint density at radius 2 is 2.20 bits per heavy atom. The first-order valence-corrected chi connectivity index (χ1v) is 7.36. The molecule has 0 saturated heterocycles. The molecule has 1 aromatic carbocycles. The van der Waals surface area contributed by atoms with Crippen molar-refractivity contribution < 1.29 is 4.74 Å². The van der Waals surface area contributed by atoms with E-state index in [1.54, 1.807) is 0 Å². The van der Waals surface area contributed by atoms with Crippen molar-refractivity contribution in [3.8, 4) is 5.75 Å². The van der Waals surface area contributed by atoms with Crippen LogP contribution in [-0.4, -0.2) is 16.6 Å². The van der Waals surface area contributed by atoms with Crippen molar-refractivity contribution >= 4 is 12.2 Å². The molecule has 4 heteroatoms. The van der Waals surface area contributed by atoms with Gasteiger partial charge in [0.05, 0.1) is 5.92 Å². The van der Waals surface area contributed by atoms with Crippen LogP contribution < -0.4 is 4.74 Å². The molecule has 1 aliphatic rings. The van der Waals surface area contributed by atoms with Gasteiger partial charge in [-0.05, 0) is 24.5 Å². The predicted molar refractivity (Wildman–Crippen MR) is 81.7 cm³/mol. The number of rotatable bonds is 3. The molecule has 2 heterocycles. The number of ether oxygens (including phenoxy) is 1. The van der Waals surface area contributed by atoms with Crippen molar-refractivity contribution in [3.63, 3.8) is 0 Å². The smallest absolute Gasteiger partial charge is 0.130 e. The molecule has 0 spiro atoms. The lowest BCUT2D eigenvalue weighted by atomic mass is 10.00. The summed E-state index contributed by atoms with van der Waals surface area (Å²) in [4.78, 5) is 7.94. The number of fused-ring (bicyclic) bond motifs is 1. The van der Waals surface area contributed by atoms with E-state index < -0.39 is 0 Å². The fraction of sp³-hybridized carbons (Fsp3) is 0.375. The van der Waals surface area contributed by atoms with Crippen molar-refractivity contribution in [1.82, 2.24) is 9.97 Å². The molecular weight excluding hydrogens is 268 g/mol. The van der Waals surface area contributed by atoms with E-state index in [9.17, 15) is 0 Å². The Balaban J connectivity index is 1.99. The second kappa shape index (κ2) is 5.37. The van der Waals surface area contributed by atoms with E-state index in [1.807, 2.05) is 24.3 Å². The summed E-state index contributed by atoms with van der Waals surface area (Å²) in [6.45, 7) is 5.03. The first-order valence-electron chi connectivity index (χ1n) is 6.95. The van der Waals surface area contributed by atoms with Crippen molar-refractivity contribution in [2.45, 2.75) is 26.2 Å². The second-order valence-electron chi connectivity index (χ2n) is 5.63. The molecule has 0 amide bonds. The molecule has 2 aromatic rings. The van der Waals surface area contributed by atoms with Crippen LogP contribution in [0.25, 0.3) is 0 Å². The third-order valence-corrected chi connectivity index (χ3v) is 3.68. The van der Waals surface area contributed by atoms with Crippen molar-refractivity contribution in [3.05, 3.63) is 52.1 Å². The molecule has 3 rings (SSSR count). The highest BCUT2D eigenvalue weighted by Crippen LogP contribution is 2.36. The maximum atomic E-state index is 5.73. The van der Waals surface area contributed by atoms with Gasteiger partial charge in [0.1, 0.15) is 22.8 Å². The van der Waals surface area contributed by atoms with Crippen LogP contribution in [0.4, 0.5) is 0 Å². The lowest BCUT2D eigenvalue weighted by Crippen LogP contribution is -2.10. The van der Waals surface area contributed by atoms with Crippen molar-refractivity contribution in [2.75, 3.05) is 6.61 Å². The molecule has 0 radical (unpaired) electrons. The minimum atomic E-state index is 0.153. The summed E-state index contributed by atoms with van der Waals surface area (Å²) in [5.74, 6) is 2.61. The highest BCUT2D eigenvalue weighted by Gasteiger charge is 2.27. The zero-order chi connectivity index (χ0) is 14.1. The summed E-state index contributed by atoms with van der Waals surface area (Å²) >= 11 is 5.30. The summed E-state index contributed by atoms with van der Waals surface area (Å²) in [5.41, 5.74) is 2.34. The predicted octanol–water partition coefficient (Wildman–Crippen LogP) is 3.86. The largest absolute Gasteiger partial charge is 0.492 e. The van der Waals surface area contributed by atoms with Gasteiger partial charge in [0, 0.05) is 11.3 Å². The molecule has 3 nitrogen and oxygen atoms in total. The van der Waals surface area contributed by atoms with E-state index in [-0.39, 0.29) is 5.92 Å². The molecule has 1 aromatic heterocycles. The molecule has 20 heavy (non-hydrogen) atoms. The third-order valence-electron chi connectivity index (χ3n) is 3.48. The van der Waals surface area contributed by atoms with Gasteiger partial charge in [0.2, 0.25) is 0 Å². The fourth-order valence-corrected chi connectivity index (χ4v) is 2.87. The lowest BCUT2D eigenvalue weighted by Gasteiger charge is -2.12. The number of hydrogen-bond donors (Lipinski definition) is 1. The normalized spacial score (nSPS) is 17.1. The lowest BCUT2D eigenvalue weighted by molar-refractivity contribution is 0.339. The van der Waals surface area contributed by atoms with Gasteiger partial charge in [-0.15, -0.1) is 0 Å². The molecule has 1 aliphatic heterocycles. The van der Waals surface area contributed by atoms with E-state index >= 15 is 0 Å². The average Bonchev–Trinajstić information content (AvgIpc) is 2.80. The summed E-state index contributed by atoms with van der Waals surface area (Å²) in [6.07, 6.45) is 0.981. The molecule has 0 bridgehead atoms. The highest BCUT2D eigenvalue weighted by molar-refractivity contribution is 7.71. The fourth-order valence-electron chi connectivity index (χ4n) is 2.63. The number of nitrogens with one attached hydrogen (secondary N) is 1. The Morgan fingerprint density at radius 1 is 1.40 bits per heavy atom. The third kappa shape index (κ3) is 2.61. The Hall–Kier alpha value is -1.68. The van der Waals surface area contributed by atoms with E-state index in [2.05, 4.69) is 29.9 Å². The number of benzene rings is 1. The summed E-state index contributed by atoms with van der Waals surface area (Å²) < 4.78 is 6.38. The standard InChI is InChI=1S/C16H18N2OS/c1-10(2)7-11-8-15(20)18-16(17-11)13-9-19-14-6-4-3-5-12(13)14/h3-6,8,10,13H,7,9H2,1-2H3,(H,17,18,20). The second-order valence-corrected chi connectivity index (χ2v) is 6.05. The minimum Gasteiger partial charge on any atom is -0.492 e. The Morgan fingerprint density at radius 3 is 3.00 bits per heavy atom. The molecule has 0 fully saturated rings. The summed E-state index contributed by atoms with van der Waals surface area (Å²) in [6, 6.07) is 10.1. The van der Waals surface area contributed by atoms with Crippen LogP contribution in [0.15, 0.2) is 30.3 Å². The van der Waals surface area contributed by atoms with Crippen LogP contribution in [-0.2, 0) is 6.42 Å². The van der Waals surface area contributed by atoms with Gasteiger partial charge in [-0.2, -0.15) is 0 Å². The van der Waals surface area contributed by atoms with Gasteiger partial charge in [0.15, 0.2) is 0 Å². The van der Waals surface area contributed by atoms with Crippen LogP contribution in [0.1, 0.15) is 36.8 Å². The van der Waals surface area contributed by atoms with Gasteiger partial charge in [-0.3, -0.25) is 0 Å². The van der Waals surface area contributed by atoms with Gasteiger partial charge in [-0.25, -0.2) is 4.98 Å². The minimum absolute atomic E-state index is 0.153. The maximum Gasteiger partial charge on any atom is 0.130 e. The van der Waals surface area contributed by atoms with Crippen LogP contribution in [0, 0.1) is 10.6 Å². The zero-order valence-electron chi connectivity index (χ0n) is 11.7. The number of para-hydroxylation sites is 1. The first-order chi connectivity index (χ1) is 9.63. The quantitative estimate of drug-likeness (QED) is 0.871. The monoisotopic (exact) mass is 286 g/mol. The van der Waals surface area contributed by atoms with Gasteiger partial charge in [0.25, 0.3) is 0 Å². The molecule has 1 N–H and O–H groups in total. The topological polar surface area (TPSA) is 37.9 Å². The van der Waals surface area contributed by atoms with Crippen LogP contribution >= 0.6 is 12.2 Å². The van der Waals surface area contributed by atoms with Crippen LogP contribution in [0.5, 0.6) is 5.75 Å². The van der Waals surface area contributed by atoms with E-state index in [0.29, 0.717) is 17.2 Å². The summed E-state index contributed by atoms with van der Waals surface area (Å²) in [7, 11) is 0. The summed E-state index contributed by atoms with van der Waals surface area (Å²) in [5, 5.41) is 0. The average molecular weight is 286 g/mol. The Kier molecular flexibility index (Phi) is 3.57. The van der Waals surface area contributed by atoms with E-state index in [1.165, 1.54) is 5.56 Å². The molecule has 0 aliphatic carbocycles. The van der Waals surface area contributed by atoms with Gasteiger partial charge in [-0.1, -0.05) is 44.3 Å². The van der Waals surface area contributed by atoms with Gasteiger partial charge < -0.3 is 9.72 Å². The number of nitrogens with zero attached hydrogens (tertiary/aromatic N) is 1. The zero-order valence-corrected chi connectivity index (χ0v) is 12.5. The SMILES string of the molecule is CC(C)Cc1cc(=S)nc(C2COc3ccccc32)[nH]1. The number of H-pyrrole nitrogens is 1. The van der Waals surface area contributed by atoms with Crippen molar-refractivity contribution in [2.24, 2.45) is 5.92 Å². The first kappa shape index (κ1) is 13.3. The van der Waals surface area contributed by atoms with E-state index in [0.717, 1.165) is 23.7 Å². The van der Waals surface area contributed by atoms with Crippen LogP contribution in [0.2, 0.25) is 0 Å². The maximum absolute atomic E-state index is 5.73. The molecular formula is C16H18N2OS. The Bertz CT molecular complexity index is 678. The number of hydrogen-bond acceptors (Lipinski definition) is 3. The number of aromatic amines is 1. The van der Waals surface area contributed by atoms with Crippen molar-refractivity contribution in [1.29, 1.82) is 0 Å². The highest BCUT2D eigenvalue weighted by atomic mass is 32.1. The number of aromatic nitrogens is 2. The Labute approximate surface area is 124 Å². The van der Waals surface area contributed by atoms with Crippen LogP contribution in [0.3, 0.4) is 0 Å². The molecule has 0 saturated carbocycles. The van der Waals surface area contributed by atoms with Gasteiger partial charge >= 0.3 is 0 Å². The molecule has 104 valence electrons.